The molecule has 1 aliphatic heterocycles. The number of rotatable bonds is 5. The summed E-state index contributed by atoms with van der Waals surface area (Å²) < 4.78 is 5.32. The van der Waals surface area contributed by atoms with Gasteiger partial charge in [-0.15, -0.1) is 11.3 Å². The number of carbonyl (C=O) groups excluding carboxylic acids is 1. The zero-order chi connectivity index (χ0) is 25.1. The first kappa shape index (κ1) is 23.8. The van der Waals surface area contributed by atoms with E-state index in [0.29, 0.717) is 37.1 Å². The number of carbonyl (C=O) groups is 1. The monoisotopic (exact) mass is 519 g/mol. The molecule has 3 aromatic carbocycles. The first-order chi connectivity index (χ1) is 17.5. The molecule has 9 nitrogen and oxygen atoms in total. The first-order valence-electron chi connectivity index (χ1n) is 11.2. The molecule has 2 N–H and O–H groups in total. The normalized spacial score (nSPS) is 13.4. The van der Waals surface area contributed by atoms with Crippen LogP contribution in [0.3, 0.4) is 0 Å². The van der Waals surface area contributed by atoms with Crippen LogP contribution in [0.4, 0.5) is 16.5 Å². The summed E-state index contributed by atoms with van der Waals surface area (Å²) in [6.07, 6.45) is 0. The molecule has 1 amide bonds. The largest absolute Gasteiger partial charge is 0.378 e. The topological polar surface area (TPSA) is 110 Å². The fourth-order valence-electron chi connectivity index (χ4n) is 4.09. The van der Waals surface area contributed by atoms with Crippen molar-refractivity contribution in [2.75, 3.05) is 36.5 Å². The van der Waals surface area contributed by atoms with Gasteiger partial charge in [0.05, 0.1) is 23.8 Å². The molecule has 0 radical (unpaired) electrons. The van der Waals surface area contributed by atoms with Crippen LogP contribution in [-0.2, 0) is 4.74 Å². The lowest BCUT2D eigenvalue weighted by Crippen LogP contribution is -2.37. The number of thiocarbonyl (C=S) groups is 1. The zero-order valence-corrected chi connectivity index (χ0v) is 20.6. The molecule has 5 rings (SSSR count). The Balaban J connectivity index is 1.28. The standard InChI is InChI=1S/C25H21N5O4S2/c31-23(17-8-9-21(22(14-17)30(32)33)29-10-12-34-13-11-29)27-24(35)28-25-26-20(15-36-25)19-7-3-5-16-4-1-2-6-18(16)19/h1-9,14-15H,10-13H2,(H2,26,27,28,31,35). The number of ether oxygens (including phenoxy) is 1. The molecule has 0 unspecified atom stereocenters. The van der Waals surface area contributed by atoms with E-state index < -0.39 is 10.8 Å². The quantitative estimate of drug-likeness (QED) is 0.219. The molecule has 1 fully saturated rings. The molecule has 11 heteroatoms. The second-order valence-corrected chi connectivity index (χ2v) is 9.30. The Bertz CT molecular complexity index is 1460. The third-order valence-electron chi connectivity index (χ3n) is 5.80. The lowest BCUT2D eigenvalue weighted by atomic mass is 10.0. The van der Waals surface area contributed by atoms with Crippen LogP contribution in [-0.4, -0.2) is 47.2 Å². The van der Waals surface area contributed by atoms with Crippen LogP contribution >= 0.6 is 23.6 Å². The number of thiazole rings is 1. The van der Waals surface area contributed by atoms with Crippen molar-refractivity contribution in [1.82, 2.24) is 10.3 Å². The summed E-state index contributed by atoms with van der Waals surface area (Å²) >= 11 is 6.66. The predicted octanol–water partition coefficient (Wildman–Crippen LogP) is 4.83. The van der Waals surface area contributed by atoms with Gasteiger partial charge in [0.25, 0.3) is 11.6 Å². The number of amides is 1. The minimum Gasteiger partial charge on any atom is -0.378 e. The van der Waals surface area contributed by atoms with Gasteiger partial charge in [-0.25, -0.2) is 4.98 Å². The average Bonchev–Trinajstić information content (AvgIpc) is 3.36. The van der Waals surface area contributed by atoms with Crippen LogP contribution in [0.15, 0.2) is 66.0 Å². The maximum atomic E-state index is 12.8. The predicted molar refractivity (Wildman–Crippen MR) is 145 cm³/mol. The molecule has 0 spiro atoms. The summed E-state index contributed by atoms with van der Waals surface area (Å²) in [5.41, 5.74) is 2.26. The van der Waals surface area contributed by atoms with E-state index in [1.54, 1.807) is 12.1 Å². The smallest absolute Gasteiger partial charge is 0.293 e. The van der Waals surface area contributed by atoms with Crippen LogP contribution in [0.2, 0.25) is 0 Å². The van der Waals surface area contributed by atoms with Crippen LogP contribution in [0.1, 0.15) is 10.4 Å². The number of benzene rings is 3. The summed E-state index contributed by atoms with van der Waals surface area (Å²) in [4.78, 5) is 30.5. The lowest BCUT2D eigenvalue weighted by molar-refractivity contribution is -0.384. The Kier molecular flexibility index (Phi) is 6.85. The van der Waals surface area contributed by atoms with Crippen molar-refractivity contribution in [3.63, 3.8) is 0 Å². The summed E-state index contributed by atoms with van der Waals surface area (Å²) in [6.45, 7) is 2.10. The number of aromatic nitrogens is 1. The van der Waals surface area contributed by atoms with Crippen molar-refractivity contribution in [3.05, 3.63) is 81.7 Å². The van der Waals surface area contributed by atoms with E-state index in [1.807, 2.05) is 52.7 Å². The zero-order valence-electron chi connectivity index (χ0n) is 19.0. The SMILES string of the molecule is O=C(NC(=S)Nc1nc(-c2cccc3ccccc23)cs1)c1ccc(N2CCOCC2)c([N+](=O)[O-])c1. The molecule has 1 saturated heterocycles. The number of nitrogens with zero attached hydrogens (tertiary/aromatic N) is 3. The van der Waals surface area contributed by atoms with Crippen LogP contribution in [0.5, 0.6) is 0 Å². The fourth-order valence-corrected chi connectivity index (χ4v) is 5.06. The summed E-state index contributed by atoms with van der Waals surface area (Å²) in [6, 6.07) is 18.5. The third-order valence-corrected chi connectivity index (χ3v) is 6.77. The Hall–Kier alpha value is -3.93. The molecular formula is C25H21N5O4S2. The Labute approximate surface area is 215 Å². The van der Waals surface area contributed by atoms with Crippen LogP contribution in [0, 0.1) is 10.1 Å². The van der Waals surface area contributed by atoms with Crippen LogP contribution < -0.4 is 15.5 Å². The highest BCUT2D eigenvalue weighted by molar-refractivity contribution is 7.80. The minimum absolute atomic E-state index is 0.0544. The summed E-state index contributed by atoms with van der Waals surface area (Å²) in [5, 5.41) is 21.9. The van der Waals surface area contributed by atoms with Gasteiger partial charge in [-0.3, -0.25) is 20.2 Å². The summed E-state index contributed by atoms with van der Waals surface area (Å²) in [7, 11) is 0. The van der Waals surface area contributed by atoms with Crippen molar-refractivity contribution in [1.29, 1.82) is 0 Å². The van der Waals surface area contributed by atoms with Gasteiger partial charge in [0.2, 0.25) is 0 Å². The van der Waals surface area contributed by atoms with E-state index >= 15 is 0 Å². The average molecular weight is 520 g/mol. The van der Waals surface area contributed by atoms with Gasteiger partial charge in [0, 0.05) is 35.7 Å². The highest BCUT2D eigenvalue weighted by Crippen LogP contribution is 2.32. The molecule has 0 atom stereocenters. The van der Waals surface area contributed by atoms with Crippen molar-refractivity contribution < 1.29 is 14.5 Å². The van der Waals surface area contributed by atoms with E-state index in [-0.39, 0.29) is 16.4 Å². The van der Waals surface area contributed by atoms with E-state index in [2.05, 4.69) is 15.6 Å². The second-order valence-electron chi connectivity index (χ2n) is 8.03. The maximum Gasteiger partial charge on any atom is 0.293 e. The van der Waals surface area contributed by atoms with E-state index in [1.165, 1.54) is 17.4 Å². The van der Waals surface area contributed by atoms with E-state index in [9.17, 15) is 14.9 Å². The number of fused-ring (bicyclic) bond motifs is 1. The van der Waals surface area contributed by atoms with Gasteiger partial charge >= 0.3 is 0 Å². The Morgan fingerprint density at radius 3 is 2.69 bits per heavy atom. The Morgan fingerprint density at radius 2 is 1.89 bits per heavy atom. The first-order valence-corrected chi connectivity index (χ1v) is 12.5. The molecule has 0 aliphatic carbocycles. The number of hydrogen-bond acceptors (Lipinski definition) is 8. The number of hydrogen-bond donors (Lipinski definition) is 2. The fraction of sp³-hybridized carbons (Fsp3) is 0.160. The number of nitrogens with one attached hydrogen (secondary N) is 2. The van der Waals surface area contributed by atoms with Gasteiger partial charge in [0.15, 0.2) is 10.2 Å². The number of anilines is 2. The molecule has 0 bridgehead atoms. The number of nitro groups is 1. The molecule has 182 valence electrons. The molecule has 4 aromatic rings. The molecule has 36 heavy (non-hydrogen) atoms. The van der Waals surface area contributed by atoms with Gasteiger partial charge in [-0.2, -0.15) is 0 Å². The number of morpholine rings is 1. The van der Waals surface area contributed by atoms with Crippen molar-refractivity contribution in [2.45, 2.75) is 0 Å². The summed E-state index contributed by atoms with van der Waals surface area (Å²) in [5.74, 6) is -0.546. The van der Waals surface area contributed by atoms with Gasteiger partial charge in [-0.05, 0) is 35.1 Å². The van der Waals surface area contributed by atoms with Gasteiger partial charge < -0.3 is 15.0 Å². The third kappa shape index (κ3) is 5.03. The van der Waals surface area contributed by atoms with Crippen molar-refractivity contribution >= 4 is 61.9 Å². The lowest BCUT2D eigenvalue weighted by Gasteiger charge is -2.28. The number of nitro benzene ring substituents is 1. The van der Waals surface area contributed by atoms with Gasteiger partial charge in [-0.1, -0.05) is 42.5 Å². The van der Waals surface area contributed by atoms with Crippen molar-refractivity contribution in [2.24, 2.45) is 0 Å². The second kappa shape index (κ2) is 10.4. The Morgan fingerprint density at radius 1 is 1.11 bits per heavy atom. The van der Waals surface area contributed by atoms with Crippen LogP contribution in [0.25, 0.3) is 22.0 Å². The highest BCUT2D eigenvalue weighted by Gasteiger charge is 2.23. The maximum absolute atomic E-state index is 12.8. The van der Waals surface area contributed by atoms with E-state index in [0.717, 1.165) is 22.0 Å². The molecule has 0 saturated carbocycles. The molecule has 1 aromatic heterocycles. The molecule has 1 aliphatic rings. The molecular weight excluding hydrogens is 498 g/mol. The van der Waals surface area contributed by atoms with Crippen molar-refractivity contribution in [3.8, 4) is 11.3 Å². The molecule has 2 heterocycles. The van der Waals surface area contributed by atoms with Gasteiger partial charge in [0.1, 0.15) is 5.69 Å². The highest BCUT2D eigenvalue weighted by atomic mass is 32.1. The van der Waals surface area contributed by atoms with E-state index in [4.69, 9.17) is 17.0 Å². The minimum atomic E-state index is -0.546.